The second kappa shape index (κ2) is 4.74. The molecule has 5 nitrogen and oxygen atoms in total. The number of rotatable bonds is 4. The number of fused-ring (bicyclic) bond motifs is 1. The van der Waals surface area contributed by atoms with E-state index in [-0.39, 0.29) is 5.76 Å². The Kier molecular flexibility index (Phi) is 3.09. The third-order valence-electron chi connectivity index (χ3n) is 4.02. The second-order valence-corrected chi connectivity index (χ2v) is 5.09. The van der Waals surface area contributed by atoms with Crippen molar-refractivity contribution in [2.45, 2.75) is 37.9 Å². The van der Waals surface area contributed by atoms with E-state index in [2.05, 4.69) is 10.2 Å². The van der Waals surface area contributed by atoms with Crippen molar-refractivity contribution in [3.05, 3.63) is 23.7 Å². The maximum Gasteiger partial charge on any atom is 0.371 e. The Morgan fingerprint density at radius 2 is 2.33 bits per heavy atom. The number of aromatic carboxylic acids is 1. The van der Waals surface area contributed by atoms with Crippen LogP contribution in [0.1, 0.15) is 35.6 Å². The van der Waals surface area contributed by atoms with Crippen molar-refractivity contribution in [2.75, 3.05) is 13.1 Å². The molecule has 0 saturated carbocycles. The normalized spacial score (nSPS) is 27.6. The highest BCUT2D eigenvalue weighted by molar-refractivity contribution is 5.84. The first-order chi connectivity index (χ1) is 8.74. The Morgan fingerprint density at radius 1 is 1.44 bits per heavy atom. The lowest BCUT2D eigenvalue weighted by Crippen LogP contribution is -2.38. The monoisotopic (exact) mass is 250 g/mol. The molecule has 0 spiro atoms. The van der Waals surface area contributed by atoms with Crippen molar-refractivity contribution in [1.29, 1.82) is 0 Å². The van der Waals surface area contributed by atoms with Crippen molar-refractivity contribution < 1.29 is 14.3 Å². The van der Waals surface area contributed by atoms with E-state index in [0.717, 1.165) is 0 Å². The summed E-state index contributed by atoms with van der Waals surface area (Å²) >= 11 is 0. The van der Waals surface area contributed by atoms with Gasteiger partial charge in [0.2, 0.25) is 5.76 Å². The SMILES string of the molecule is O=C(O)c1ccc(CNC2CCN3CCCC23)o1. The van der Waals surface area contributed by atoms with Gasteiger partial charge in [0.05, 0.1) is 6.54 Å². The Hall–Kier alpha value is -1.33. The molecule has 0 amide bonds. The second-order valence-electron chi connectivity index (χ2n) is 5.09. The zero-order valence-corrected chi connectivity index (χ0v) is 10.3. The number of carboxylic acids is 1. The summed E-state index contributed by atoms with van der Waals surface area (Å²) in [6.45, 7) is 3.02. The summed E-state index contributed by atoms with van der Waals surface area (Å²) in [7, 11) is 0. The molecule has 2 aliphatic heterocycles. The van der Waals surface area contributed by atoms with E-state index in [9.17, 15) is 4.79 Å². The van der Waals surface area contributed by atoms with Crippen molar-refractivity contribution in [3.63, 3.8) is 0 Å². The highest BCUT2D eigenvalue weighted by Crippen LogP contribution is 2.28. The number of hydrogen-bond acceptors (Lipinski definition) is 4. The molecule has 18 heavy (non-hydrogen) atoms. The van der Waals surface area contributed by atoms with E-state index >= 15 is 0 Å². The summed E-state index contributed by atoms with van der Waals surface area (Å²) in [6, 6.07) is 4.43. The number of nitrogens with zero attached hydrogens (tertiary/aromatic N) is 1. The minimum atomic E-state index is -1.01. The van der Waals surface area contributed by atoms with Gasteiger partial charge in [-0.25, -0.2) is 4.79 Å². The smallest absolute Gasteiger partial charge is 0.371 e. The summed E-state index contributed by atoms with van der Waals surface area (Å²) in [4.78, 5) is 13.2. The standard InChI is InChI=1S/C13H18N2O3/c16-13(17)12-4-3-9(18-12)8-14-10-5-7-15-6-1-2-11(10)15/h3-4,10-11,14H,1-2,5-8H2,(H,16,17). The van der Waals surface area contributed by atoms with Gasteiger partial charge in [-0.05, 0) is 37.9 Å². The Balaban J connectivity index is 1.56. The zero-order valence-electron chi connectivity index (χ0n) is 10.3. The molecule has 1 aromatic heterocycles. The fourth-order valence-corrected chi connectivity index (χ4v) is 3.14. The Labute approximate surface area is 106 Å². The molecule has 2 saturated heterocycles. The van der Waals surface area contributed by atoms with E-state index in [1.54, 1.807) is 6.07 Å². The molecule has 2 fully saturated rings. The molecule has 0 aliphatic carbocycles. The van der Waals surface area contributed by atoms with E-state index in [4.69, 9.17) is 9.52 Å². The van der Waals surface area contributed by atoms with Crippen LogP contribution in [0, 0.1) is 0 Å². The van der Waals surface area contributed by atoms with Crippen LogP contribution in [0.3, 0.4) is 0 Å². The first-order valence-electron chi connectivity index (χ1n) is 6.53. The topological polar surface area (TPSA) is 65.7 Å². The quantitative estimate of drug-likeness (QED) is 0.843. The molecule has 5 heteroatoms. The van der Waals surface area contributed by atoms with Crippen LogP contribution in [0.4, 0.5) is 0 Å². The van der Waals surface area contributed by atoms with Crippen molar-refractivity contribution in [3.8, 4) is 0 Å². The average molecular weight is 250 g/mol. The number of hydrogen-bond donors (Lipinski definition) is 2. The van der Waals surface area contributed by atoms with E-state index in [0.29, 0.717) is 24.4 Å². The molecule has 98 valence electrons. The number of furan rings is 1. The molecule has 0 aromatic carbocycles. The van der Waals surface area contributed by atoms with Gasteiger partial charge in [0, 0.05) is 18.6 Å². The molecule has 2 N–H and O–H groups in total. The van der Waals surface area contributed by atoms with Gasteiger partial charge in [0.15, 0.2) is 0 Å². The van der Waals surface area contributed by atoms with Gasteiger partial charge in [-0.1, -0.05) is 0 Å². The fraction of sp³-hybridized carbons (Fsp3) is 0.615. The van der Waals surface area contributed by atoms with Gasteiger partial charge in [0.25, 0.3) is 0 Å². The van der Waals surface area contributed by atoms with E-state index in [1.165, 1.54) is 38.4 Å². The number of nitrogens with one attached hydrogen (secondary N) is 1. The van der Waals surface area contributed by atoms with Crippen LogP contribution in [0.25, 0.3) is 0 Å². The fourth-order valence-electron chi connectivity index (χ4n) is 3.14. The van der Waals surface area contributed by atoms with Gasteiger partial charge in [-0.3, -0.25) is 4.90 Å². The van der Waals surface area contributed by atoms with Gasteiger partial charge < -0.3 is 14.8 Å². The highest BCUT2D eigenvalue weighted by Gasteiger charge is 2.36. The lowest BCUT2D eigenvalue weighted by atomic mass is 10.1. The molecule has 3 heterocycles. The summed E-state index contributed by atoms with van der Waals surface area (Å²) in [6.07, 6.45) is 3.75. The Morgan fingerprint density at radius 3 is 3.11 bits per heavy atom. The average Bonchev–Trinajstić information content (AvgIpc) is 3.03. The van der Waals surface area contributed by atoms with Gasteiger partial charge in [0.1, 0.15) is 5.76 Å². The molecule has 2 unspecified atom stereocenters. The van der Waals surface area contributed by atoms with Gasteiger partial charge in [-0.2, -0.15) is 0 Å². The van der Waals surface area contributed by atoms with Crippen LogP contribution in [0.2, 0.25) is 0 Å². The van der Waals surface area contributed by atoms with Crippen LogP contribution in [0.15, 0.2) is 16.5 Å². The van der Waals surface area contributed by atoms with Crippen molar-refractivity contribution in [2.24, 2.45) is 0 Å². The molecule has 3 rings (SSSR count). The van der Waals surface area contributed by atoms with Crippen molar-refractivity contribution in [1.82, 2.24) is 10.2 Å². The van der Waals surface area contributed by atoms with Crippen LogP contribution in [0.5, 0.6) is 0 Å². The summed E-state index contributed by atoms with van der Waals surface area (Å²) in [5, 5.41) is 12.3. The van der Waals surface area contributed by atoms with Crippen LogP contribution in [-0.4, -0.2) is 41.1 Å². The van der Waals surface area contributed by atoms with Crippen LogP contribution < -0.4 is 5.32 Å². The van der Waals surface area contributed by atoms with E-state index < -0.39 is 5.97 Å². The lowest BCUT2D eigenvalue weighted by Gasteiger charge is -2.20. The molecular formula is C13H18N2O3. The number of carbonyl (C=O) groups is 1. The van der Waals surface area contributed by atoms with Crippen molar-refractivity contribution >= 4 is 5.97 Å². The number of carboxylic acid groups (broad SMARTS) is 1. The summed E-state index contributed by atoms with van der Waals surface area (Å²) < 4.78 is 5.24. The van der Waals surface area contributed by atoms with Crippen LogP contribution in [-0.2, 0) is 6.54 Å². The molecule has 2 aliphatic rings. The van der Waals surface area contributed by atoms with Gasteiger partial charge in [-0.15, -0.1) is 0 Å². The molecule has 0 radical (unpaired) electrons. The summed E-state index contributed by atoms with van der Waals surface area (Å²) in [5.41, 5.74) is 0. The minimum Gasteiger partial charge on any atom is -0.475 e. The largest absolute Gasteiger partial charge is 0.475 e. The molecule has 1 aromatic rings. The van der Waals surface area contributed by atoms with Gasteiger partial charge >= 0.3 is 5.97 Å². The molecule has 0 bridgehead atoms. The minimum absolute atomic E-state index is 0.0146. The molecular weight excluding hydrogens is 232 g/mol. The molecule has 2 atom stereocenters. The first-order valence-corrected chi connectivity index (χ1v) is 6.53. The first kappa shape index (κ1) is 11.7. The summed E-state index contributed by atoms with van der Waals surface area (Å²) in [5.74, 6) is -0.298. The highest BCUT2D eigenvalue weighted by atomic mass is 16.4. The van der Waals surface area contributed by atoms with Crippen LogP contribution >= 0.6 is 0 Å². The Bertz CT molecular complexity index is 443. The predicted molar refractivity (Wildman–Crippen MR) is 65.5 cm³/mol. The maximum absolute atomic E-state index is 10.7. The van der Waals surface area contributed by atoms with E-state index in [1.807, 2.05) is 0 Å². The predicted octanol–water partition coefficient (Wildman–Crippen LogP) is 1.30. The third kappa shape index (κ3) is 2.15. The zero-order chi connectivity index (χ0) is 12.5. The lowest BCUT2D eigenvalue weighted by molar-refractivity contribution is 0.0660. The maximum atomic E-state index is 10.7. The third-order valence-corrected chi connectivity index (χ3v) is 4.02.